The van der Waals surface area contributed by atoms with Crippen LogP contribution in [0.2, 0.25) is 0 Å². The van der Waals surface area contributed by atoms with E-state index in [2.05, 4.69) is 15.0 Å². The number of amides is 1. The first-order chi connectivity index (χ1) is 11.2. The Kier molecular flexibility index (Phi) is 7.27. The largest absolute Gasteiger partial charge is 0.350 e. The average Bonchev–Trinajstić information content (AvgIpc) is 2.81. The Bertz CT molecular complexity index is 756. The lowest BCUT2D eigenvalue weighted by Gasteiger charge is -2.14. The van der Waals surface area contributed by atoms with Crippen LogP contribution in [0.15, 0.2) is 34.2 Å². The number of alkyl halides is 2. The number of amidine groups is 1. The smallest absolute Gasteiger partial charge is 0.277 e. The van der Waals surface area contributed by atoms with E-state index >= 15 is 0 Å². The van der Waals surface area contributed by atoms with Gasteiger partial charge in [0.25, 0.3) is 15.9 Å². The number of aliphatic imine (C=N–C) groups is 1. The third-order valence-corrected chi connectivity index (χ3v) is 4.73. The molecule has 0 aromatic heterocycles. The minimum absolute atomic E-state index is 0. The molecule has 0 spiro atoms. The lowest BCUT2D eigenvalue weighted by molar-refractivity contribution is -0.122. The zero-order valence-electron chi connectivity index (χ0n) is 13.2. The average molecular weight is 397 g/mol. The van der Waals surface area contributed by atoms with E-state index in [0.717, 1.165) is 0 Å². The van der Waals surface area contributed by atoms with Crippen molar-refractivity contribution in [2.75, 3.05) is 19.6 Å². The van der Waals surface area contributed by atoms with Crippen LogP contribution in [0.5, 0.6) is 0 Å². The van der Waals surface area contributed by atoms with Crippen molar-refractivity contribution in [2.24, 2.45) is 10.7 Å². The number of hydrogen-bond donors (Lipinski definition) is 3. The van der Waals surface area contributed by atoms with Gasteiger partial charge in [0, 0.05) is 18.5 Å². The Labute approximate surface area is 150 Å². The SMILES string of the molecule is Cl.NCC(F)(F)CNC(=O)CCCN=C1NS(=O)(=O)c2ccccc21. The molecule has 0 saturated carbocycles. The Morgan fingerprint density at radius 3 is 2.68 bits per heavy atom. The first-order valence-electron chi connectivity index (χ1n) is 7.26. The van der Waals surface area contributed by atoms with E-state index < -0.39 is 34.9 Å². The van der Waals surface area contributed by atoms with Crippen molar-refractivity contribution in [2.45, 2.75) is 23.7 Å². The number of nitrogens with one attached hydrogen (secondary N) is 2. The molecule has 0 unspecified atom stereocenters. The second-order valence-electron chi connectivity index (χ2n) is 5.27. The lowest BCUT2D eigenvalue weighted by Crippen LogP contribution is -2.41. The summed E-state index contributed by atoms with van der Waals surface area (Å²) in [6, 6.07) is 6.42. The van der Waals surface area contributed by atoms with Gasteiger partial charge in [-0.15, -0.1) is 12.4 Å². The third-order valence-electron chi connectivity index (χ3n) is 3.34. The highest BCUT2D eigenvalue weighted by molar-refractivity contribution is 7.90. The highest BCUT2D eigenvalue weighted by Crippen LogP contribution is 2.22. The van der Waals surface area contributed by atoms with Gasteiger partial charge in [-0.05, 0) is 18.6 Å². The molecule has 7 nitrogen and oxygen atoms in total. The van der Waals surface area contributed by atoms with Crippen molar-refractivity contribution in [1.29, 1.82) is 0 Å². The molecule has 0 fully saturated rings. The standard InChI is InChI=1S/C14H18F2N4O3S.ClH/c15-14(16,8-17)9-19-12(21)6-3-7-18-13-10-4-1-2-5-11(10)24(22,23)20-13;/h1-2,4-5H,3,6-9,17H2,(H,18,20)(H,19,21);1H. The van der Waals surface area contributed by atoms with Gasteiger partial charge in [-0.2, -0.15) is 0 Å². The maximum atomic E-state index is 12.9. The monoisotopic (exact) mass is 396 g/mol. The molecule has 4 N–H and O–H groups in total. The summed E-state index contributed by atoms with van der Waals surface area (Å²) in [5.74, 6) is -3.43. The molecule has 1 aliphatic heterocycles. The summed E-state index contributed by atoms with van der Waals surface area (Å²) in [4.78, 5) is 15.8. The molecule has 25 heavy (non-hydrogen) atoms. The zero-order valence-corrected chi connectivity index (χ0v) is 14.8. The highest BCUT2D eigenvalue weighted by Gasteiger charge is 2.30. The lowest BCUT2D eigenvalue weighted by atomic mass is 10.2. The molecule has 0 radical (unpaired) electrons. The highest BCUT2D eigenvalue weighted by atomic mass is 35.5. The summed E-state index contributed by atoms with van der Waals surface area (Å²) >= 11 is 0. The minimum atomic E-state index is -3.59. The van der Waals surface area contributed by atoms with Crippen LogP contribution in [0, 0.1) is 0 Å². The van der Waals surface area contributed by atoms with Crippen molar-refractivity contribution in [1.82, 2.24) is 10.0 Å². The van der Waals surface area contributed by atoms with Crippen LogP contribution in [-0.4, -0.2) is 45.7 Å². The van der Waals surface area contributed by atoms with Gasteiger partial charge < -0.3 is 11.1 Å². The number of hydrogen-bond acceptors (Lipinski definition) is 5. The van der Waals surface area contributed by atoms with Gasteiger partial charge in [0.05, 0.1) is 18.0 Å². The zero-order chi connectivity index (χ0) is 17.8. The number of nitrogens with two attached hydrogens (primary N) is 1. The van der Waals surface area contributed by atoms with E-state index in [1.165, 1.54) is 6.07 Å². The first kappa shape index (κ1) is 21.3. The van der Waals surface area contributed by atoms with Crippen LogP contribution in [-0.2, 0) is 14.8 Å². The van der Waals surface area contributed by atoms with Crippen molar-refractivity contribution in [3.8, 4) is 0 Å². The molecule has 0 saturated heterocycles. The van der Waals surface area contributed by atoms with E-state index in [1.54, 1.807) is 18.2 Å². The van der Waals surface area contributed by atoms with Gasteiger partial charge in [-0.1, -0.05) is 12.1 Å². The Balaban J connectivity index is 0.00000312. The van der Waals surface area contributed by atoms with Gasteiger partial charge in [0.15, 0.2) is 0 Å². The molecular weight excluding hydrogens is 378 g/mol. The number of carbonyl (C=O) groups excluding carboxylic acids is 1. The van der Waals surface area contributed by atoms with Crippen molar-refractivity contribution >= 4 is 34.2 Å². The van der Waals surface area contributed by atoms with Crippen LogP contribution >= 0.6 is 12.4 Å². The Morgan fingerprint density at radius 2 is 2.00 bits per heavy atom. The minimum Gasteiger partial charge on any atom is -0.350 e. The van der Waals surface area contributed by atoms with Gasteiger partial charge in [-0.3, -0.25) is 14.5 Å². The van der Waals surface area contributed by atoms with Crippen LogP contribution in [0.3, 0.4) is 0 Å². The molecule has 0 aliphatic carbocycles. The van der Waals surface area contributed by atoms with Crippen LogP contribution in [0.4, 0.5) is 8.78 Å². The number of halogens is 3. The second-order valence-corrected chi connectivity index (χ2v) is 6.92. The maximum Gasteiger partial charge on any atom is 0.277 e. The molecule has 1 aliphatic rings. The summed E-state index contributed by atoms with van der Waals surface area (Å²) < 4.78 is 51.9. The summed E-state index contributed by atoms with van der Waals surface area (Å²) in [7, 11) is -3.59. The van der Waals surface area contributed by atoms with Crippen LogP contribution in [0.1, 0.15) is 18.4 Å². The molecule has 0 bridgehead atoms. The molecule has 1 heterocycles. The van der Waals surface area contributed by atoms with E-state index in [4.69, 9.17) is 5.73 Å². The Morgan fingerprint density at radius 1 is 1.32 bits per heavy atom. The number of sulfonamides is 1. The van der Waals surface area contributed by atoms with Gasteiger partial charge in [-0.25, -0.2) is 17.2 Å². The second kappa shape index (κ2) is 8.54. The van der Waals surface area contributed by atoms with Crippen molar-refractivity contribution in [3.63, 3.8) is 0 Å². The van der Waals surface area contributed by atoms with Crippen molar-refractivity contribution < 1.29 is 22.0 Å². The molecule has 140 valence electrons. The summed E-state index contributed by atoms with van der Waals surface area (Å²) in [5, 5.41) is 2.10. The predicted molar refractivity (Wildman–Crippen MR) is 91.7 cm³/mol. The normalized spacial score (nSPS) is 16.7. The number of rotatable bonds is 7. The van der Waals surface area contributed by atoms with E-state index in [-0.39, 0.29) is 36.1 Å². The van der Waals surface area contributed by atoms with Crippen molar-refractivity contribution in [3.05, 3.63) is 29.8 Å². The predicted octanol–water partition coefficient (Wildman–Crippen LogP) is 0.637. The van der Waals surface area contributed by atoms with Gasteiger partial charge in [0.1, 0.15) is 5.84 Å². The van der Waals surface area contributed by atoms with E-state index in [0.29, 0.717) is 12.0 Å². The molecule has 1 aromatic rings. The number of benzene rings is 1. The van der Waals surface area contributed by atoms with Crippen LogP contribution < -0.4 is 15.8 Å². The fourth-order valence-corrected chi connectivity index (χ4v) is 3.32. The summed E-state index contributed by atoms with van der Waals surface area (Å²) in [6.07, 6.45) is 0.305. The first-order valence-corrected chi connectivity index (χ1v) is 8.75. The molecule has 0 atom stereocenters. The molecule has 2 rings (SSSR count). The molecule has 1 amide bonds. The van der Waals surface area contributed by atoms with Gasteiger partial charge in [0.2, 0.25) is 5.91 Å². The fourth-order valence-electron chi connectivity index (χ4n) is 2.07. The summed E-state index contributed by atoms with van der Waals surface area (Å²) in [6.45, 7) is -1.45. The quantitative estimate of drug-likeness (QED) is 0.587. The van der Waals surface area contributed by atoms with E-state index in [9.17, 15) is 22.0 Å². The maximum absolute atomic E-state index is 12.9. The molecule has 1 aromatic carbocycles. The number of fused-ring (bicyclic) bond motifs is 1. The molecular formula is C14H19ClF2N4O3S. The topological polar surface area (TPSA) is 114 Å². The number of carbonyl (C=O) groups is 1. The Hall–Kier alpha value is -1.78. The van der Waals surface area contributed by atoms with E-state index in [1.807, 2.05) is 0 Å². The fraction of sp³-hybridized carbons (Fsp3) is 0.429. The van der Waals surface area contributed by atoms with Crippen LogP contribution in [0.25, 0.3) is 0 Å². The summed E-state index contributed by atoms with van der Waals surface area (Å²) in [5.41, 5.74) is 5.35. The molecule has 11 heteroatoms. The number of nitrogens with zero attached hydrogens (tertiary/aromatic N) is 1. The van der Waals surface area contributed by atoms with Gasteiger partial charge >= 0.3 is 0 Å². The third kappa shape index (κ3) is 5.62.